The Morgan fingerprint density at radius 3 is 2.30 bits per heavy atom. The van der Waals surface area contributed by atoms with Crippen molar-refractivity contribution >= 4 is 23.6 Å². The highest BCUT2D eigenvalue weighted by atomic mass is 16.6. The highest BCUT2D eigenvalue weighted by Gasteiger charge is 2.35. The third-order valence-electron chi connectivity index (χ3n) is 8.34. The van der Waals surface area contributed by atoms with Gasteiger partial charge in [0, 0.05) is 35.5 Å². The van der Waals surface area contributed by atoms with Crippen molar-refractivity contribution in [3.8, 4) is 22.5 Å². The maximum Gasteiger partial charge on any atom is 0.407 e. The number of hydrogen-bond donors (Lipinski definition) is 3. The first-order valence-electron chi connectivity index (χ1n) is 15.9. The van der Waals surface area contributed by atoms with E-state index in [4.69, 9.17) is 10.5 Å². The van der Waals surface area contributed by atoms with Crippen LogP contribution in [0.3, 0.4) is 0 Å². The van der Waals surface area contributed by atoms with E-state index in [1.807, 2.05) is 64.1 Å². The fourth-order valence-electron chi connectivity index (χ4n) is 5.86. The average Bonchev–Trinajstić information content (AvgIpc) is 3.60. The number of carbonyl (C=O) groups excluding carboxylic acids is 3. The van der Waals surface area contributed by atoms with Gasteiger partial charge in [-0.25, -0.2) is 9.69 Å². The molecule has 0 aliphatic heterocycles. The Bertz CT molecular complexity index is 1660. The number of anilines is 1. The van der Waals surface area contributed by atoms with Gasteiger partial charge < -0.3 is 15.8 Å². The Balaban J connectivity index is 1.29. The summed E-state index contributed by atoms with van der Waals surface area (Å²) >= 11 is 0. The Hall–Kier alpha value is -4.97. The van der Waals surface area contributed by atoms with Crippen LogP contribution in [0.15, 0.2) is 66.9 Å². The van der Waals surface area contributed by atoms with Gasteiger partial charge in [-0.1, -0.05) is 30.3 Å². The van der Waals surface area contributed by atoms with Crippen molar-refractivity contribution in [3.05, 3.63) is 78.1 Å². The van der Waals surface area contributed by atoms with Crippen LogP contribution < -0.4 is 16.0 Å². The first-order chi connectivity index (χ1) is 22.5. The molecule has 2 aromatic carbocycles. The summed E-state index contributed by atoms with van der Waals surface area (Å²) in [5, 5.41) is 16.9. The predicted molar refractivity (Wildman–Crippen MR) is 178 cm³/mol. The molecule has 0 saturated heterocycles. The molecule has 1 saturated carbocycles. The van der Waals surface area contributed by atoms with Gasteiger partial charge in [-0.2, -0.15) is 5.21 Å². The molecule has 246 valence electrons. The van der Waals surface area contributed by atoms with Crippen molar-refractivity contribution in [1.82, 2.24) is 30.9 Å². The number of aromatic nitrogens is 5. The molecule has 47 heavy (non-hydrogen) atoms. The lowest BCUT2D eigenvalue weighted by Gasteiger charge is -2.32. The number of imide groups is 1. The molecule has 3 amide bonds. The van der Waals surface area contributed by atoms with Crippen LogP contribution in [-0.4, -0.2) is 61.7 Å². The lowest BCUT2D eigenvalue weighted by atomic mass is 9.81. The molecule has 4 N–H and O–H groups in total. The largest absolute Gasteiger partial charge is 0.444 e. The molecule has 1 aliphatic carbocycles. The van der Waals surface area contributed by atoms with E-state index in [2.05, 4.69) is 30.9 Å². The number of hydrogen-bond acceptors (Lipinski definition) is 9. The number of amides is 3. The van der Waals surface area contributed by atoms with Crippen LogP contribution >= 0.6 is 0 Å². The summed E-state index contributed by atoms with van der Waals surface area (Å²) in [4.78, 5) is 45.8. The predicted octanol–water partition coefficient (Wildman–Crippen LogP) is 5.00. The second kappa shape index (κ2) is 14.6. The number of carbonyl (C=O) groups is 3. The van der Waals surface area contributed by atoms with Crippen molar-refractivity contribution < 1.29 is 19.1 Å². The molecule has 4 aromatic rings. The number of alkyl carbamates (subject to hydrolysis) is 1. The van der Waals surface area contributed by atoms with Gasteiger partial charge in [-0.15, -0.1) is 10.2 Å². The number of aromatic amines is 1. The number of benzene rings is 2. The van der Waals surface area contributed by atoms with E-state index in [0.717, 1.165) is 35.2 Å². The number of aryl methyl sites for hydroxylation is 1. The number of rotatable bonds is 9. The van der Waals surface area contributed by atoms with E-state index in [1.165, 1.54) is 4.90 Å². The molecule has 0 radical (unpaired) electrons. The molecule has 1 atom stereocenters. The third kappa shape index (κ3) is 8.64. The van der Waals surface area contributed by atoms with E-state index in [9.17, 15) is 14.4 Å². The quantitative estimate of drug-likeness (QED) is 0.228. The van der Waals surface area contributed by atoms with Crippen LogP contribution in [0.1, 0.15) is 57.7 Å². The Morgan fingerprint density at radius 1 is 1.00 bits per heavy atom. The van der Waals surface area contributed by atoms with Crippen molar-refractivity contribution in [2.75, 3.05) is 11.4 Å². The summed E-state index contributed by atoms with van der Waals surface area (Å²) in [6.45, 7) is 7.90. The van der Waals surface area contributed by atoms with E-state index < -0.39 is 23.6 Å². The number of nitrogens with one attached hydrogen (secondary N) is 2. The van der Waals surface area contributed by atoms with Crippen LogP contribution in [0.25, 0.3) is 22.5 Å². The van der Waals surface area contributed by atoms with E-state index in [1.54, 1.807) is 30.5 Å². The molecule has 0 unspecified atom stereocenters. The second-order valence-corrected chi connectivity index (χ2v) is 13.0. The summed E-state index contributed by atoms with van der Waals surface area (Å²) in [7, 11) is 0. The van der Waals surface area contributed by atoms with Gasteiger partial charge in [0.05, 0.1) is 11.7 Å². The van der Waals surface area contributed by atoms with Gasteiger partial charge in [-0.3, -0.25) is 14.6 Å². The minimum Gasteiger partial charge on any atom is -0.444 e. The maximum absolute atomic E-state index is 14.1. The number of pyridine rings is 1. The smallest absolute Gasteiger partial charge is 0.407 e. The summed E-state index contributed by atoms with van der Waals surface area (Å²) < 4.78 is 5.35. The van der Waals surface area contributed by atoms with Crippen LogP contribution in [0.4, 0.5) is 10.5 Å². The number of ether oxygens (including phenoxy) is 1. The average molecular weight is 639 g/mol. The van der Waals surface area contributed by atoms with Gasteiger partial charge in [0.25, 0.3) is 5.91 Å². The molecular weight excluding hydrogens is 596 g/mol. The highest BCUT2D eigenvalue weighted by Crippen LogP contribution is 2.32. The summed E-state index contributed by atoms with van der Waals surface area (Å²) in [5.74, 6) is -0.490. The maximum atomic E-state index is 14.1. The third-order valence-corrected chi connectivity index (χ3v) is 8.34. The molecule has 1 aliphatic rings. The molecular formula is C35H42N8O4. The van der Waals surface area contributed by atoms with Crippen molar-refractivity contribution in [2.24, 2.45) is 17.6 Å². The van der Waals surface area contributed by atoms with Crippen LogP contribution in [0.5, 0.6) is 0 Å². The number of nitrogens with two attached hydrogens (primary N) is 1. The SMILES string of the molecule is Cc1ncccc1-c1ccc(C[C@H](N)C(=O)N(C(=O)C2CCC(CNC(=O)OC(C)(C)C)CC2)c2ccc(-c3nn[nH]n3)cc2)cc1. The van der Waals surface area contributed by atoms with E-state index >= 15 is 0 Å². The van der Waals surface area contributed by atoms with E-state index in [0.29, 0.717) is 36.5 Å². The zero-order chi connectivity index (χ0) is 33.6. The zero-order valence-electron chi connectivity index (χ0n) is 27.3. The van der Waals surface area contributed by atoms with Gasteiger partial charge in [0.15, 0.2) is 0 Å². The number of tetrazole rings is 1. The molecule has 2 heterocycles. The minimum atomic E-state index is -0.948. The Morgan fingerprint density at radius 2 is 1.68 bits per heavy atom. The molecule has 12 nitrogen and oxygen atoms in total. The molecule has 0 spiro atoms. The monoisotopic (exact) mass is 638 g/mol. The topological polar surface area (TPSA) is 169 Å². The van der Waals surface area contributed by atoms with Crippen molar-refractivity contribution in [2.45, 2.75) is 71.4 Å². The molecule has 5 rings (SSSR count). The Labute approximate surface area is 274 Å². The van der Waals surface area contributed by atoms with E-state index in [-0.39, 0.29) is 24.2 Å². The molecule has 2 aromatic heterocycles. The highest BCUT2D eigenvalue weighted by molar-refractivity contribution is 6.17. The van der Waals surface area contributed by atoms with Gasteiger partial charge in [0.2, 0.25) is 11.7 Å². The first kappa shape index (κ1) is 33.4. The van der Waals surface area contributed by atoms with Gasteiger partial charge in [0.1, 0.15) is 5.60 Å². The van der Waals surface area contributed by atoms with Crippen LogP contribution in [-0.2, 0) is 20.7 Å². The zero-order valence-corrected chi connectivity index (χ0v) is 27.3. The molecule has 0 bridgehead atoms. The molecule has 12 heteroatoms. The number of nitrogens with zero attached hydrogens (tertiary/aromatic N) is 5. The minimum absolute atomic E-state index is 0.214. The van der Waals surface area contributed by atoms with Crippen molar-refractivity contribution in [1.29, 1.82) is 0 Å². The van der Waals surface area contributed by atoms with Crippen LogP contribution in [0.2, 0.25) is 0 Å². The second-order valence-electron chi connectivity index (χ2n) is 13.0. The summed E-state index contributed by atoms with van der Waals surface area (Å²) in [6.07, 6.45) is 4.23. The first-order valence-corrected chi connectivity index (χ1v) is 15.9. The van der Waals surface area contributed by atoms with Gasteiger partial charge >= 0.3 is 6.09 Å². The Kier molecular flexibility index (Phi) is 10.4. The molecule has 1 fully saturated rings. The standard InChI is InChI=1S/C35H42N8O4/c1-22-29(6-5-19-37-22)25-11-7-23(8-12-25)20-30(36)33(45)43(28-17-15-26(16-18-28)31-39-41-42-40-31)32(44)27-13-9-24(10-14-27)21-38-34(46)47-35(2,3)4/h5-8,11-12,15-19,24,27,30H,9-10,13-14,20-21,36H2,1-4H3,(H,38,46)(H,39,40,41,42)/t24?,27?,30-/m0/s1. The van der Waals surface area contributed by atoms with Gasteiger partial charge in [-0.05, 0) is 112 Å². The van der Waals surface area contributed by atoms with Crippen LogP contribution in [0, 0.1) is 18.8 Å². The lowest BCUT2D eigenvalue weighted by molar-refractivity contribution is -0.130. The fourth-order valence-corrected chi connectivity index (χ4v) is 5.86. The lowest BCUT2D eigenvalue weighted by Crippen LogP contribution is -2.50. The van der Waals surface area contributed by atoms with Crippen molar-refractivity contribution in [3.63, 3.8) is 0 Å². The normalized spacial score (nSPS) is 17.0. The fraction of sp³-hybridized carbons (Fsp3) is 0.400. The summed E-state index contributed by atoms with van der Waals surface area (Å²) in [5.41, 5.74) is 11.0. The summed E-state index contributed by atoms with van der Waals surface area (Å²) in [6, 6.07) is 17.8. The number of H-pyrrole nitrogens is 1.